The lowest BCUT2D eigenvalue weighted by Gasteiger charge is -2.14. The van der Waals surface area contributed by atoms with Crippen molar-refractivity contribution >= 4 is 5.78 Å². The fourth-order valence-electron chi connectivity index (χ4n) is 1.64. The van der Waals surface area contributed by atoms with Gasteiger partial charge in [-0.15, -0.1) is 0 Å². The molecule has 2 heteroatoms. The van der Waals surface area contributed by atoms with Crippen LogP contribution in [0.4, 0.5) is 0 Å². The average molecular weight is 170 g/mol. The van der Waals surface area contributed by atoms with Crippen molar-refractivity contribution in [2.24, 2.45) is 11.8 Å². The van der Waals surface area contributed by atoms with Crippen molar-refractivity contribution in [1.29, 1.82) is 0 Å². The van der Waals surface area contributed by atoms with Gasteiger partial charge in [-0.2, -0.15) is 0 Å². The van der Waals surface area contributed by atoms with Crippen LogP contribution in [0.5, 0.6) is 0 Å². The molecular weight excluding hydrogens is 152 g/mol. The van der Waals surface area contributed by atoms with Gasteiger partial charge in [0.2, 0.25) is 0 Å². The molecule has 1 aliphatic heterocycles. The predicted molar refractivity (Wildman–Crippen MR) is 48.0 cm³/mol. The molecular formula is C10H18O2. The van der Waals surface area contributed by atoms with Gasteiger partial charge in [0.15, 0.2) is 0 Å². The van der Waals surface area contributed by atoms with Gasteiger partial charge in [0.05, 0.1) is 6.10 Å². The maximum atomic E-state index is 10.7. The van der Waals surface area contributed by atoms with Gasteiger partial charge in [-0.3, -0.25) is 0 Å². The van der Waals surface area contributed by atoms with Crippen LogP contribution in [0, 0.1) is 11.8 Å². The normalized spacial score (nSPS) is 35.4. The van der Waals surface area contributed by atoms with Crippen LogP contribution in [0.1, 0.15) is 33.6 Å². The number of hydrogen-bond acceptors (Lipinski definition) is 2. The second-order valence-corrected chi connectivity index (χ2v) is 3.95. The van der Waals surface area contributed by atoms with Crippen molar-refractivity contribution in [2.75, 3.05) is 6.61 Å². The van der Waals surface area contributed by atoms with Crippen molar-refractivity contribution in [1.82, 2.24) is 0 Å². The summed E-state index contributed by atoms with van der Waals surface area (Å²) in [6, 6.07) is 0. The van der Waals surface area contributed by atoms with E-state index in [9.17, 15) is 4.79 Å². The van der Waals surface area contributed by atoms with E-state index in [4.69, 9.17) is 4.74 Å². The average Bonchev–Trinajstić information content (AvgIpc) is 2.30. The van der Waals surface area contributed by atoms with E-state index in [0.29, 0.717) is 24.4 Å². The molecule has 3 atom stereocenters. The van der Waals surface area contributed by atoms with E-state index in [1.807, 2.05) is 0 Å². The smallest absolute Gasteiger partial charge is 0.129 e. The standard InChI is InChI=1S/C10H18O2/c1-7-6-12-10(9(7)3)5-4-8(2)11/h7,9-10H,4-6H2,1-3H3/t7?,9-,10?/m0/s1. The van der Waals surface area contributed by atoms with Crippen LogP contribution in [-0.2, 0) is 9.53 Å². The van der Waals surface area contributed by atoms with Gasteiger partial charge in [-0.1, -0.05) is 13.8 Å². The molecule has 2 nitrogen and oxygen atoms in total. The summed E-state index contributed by atoms with van der Waals surface area (Å²) < 4.78 is 5.58. The lowest BCUT2D eigenvalue weighted by Crippen LogP contribution is -2.16. The maximum absolute atomic E-state index is 10.7. The van der Waals surface area contributed by atoms with Crippen LogP contribution in [0.25, 0.3) is 0 Å². The third-order valence-corrected chi connectivity index (χ3v) is 2.84. The Morgan fingerprint density at radius 2 is 2.17 bits per heavy atom. The van der Waals surface area contributed by atoms with Gasteiger partial charge in [0.1, 0.15) is 5.78 Å². The van der Waals surface area contributed by atoms with E-state index in [0.717, 1.165) is 13.0 Å². The molecule has 0 spiro atoms. The number of carbonyl (C=O) groups is 1. The minimum atomic E-state index is 0.269. The first-order valence-corrected chi connectivity index (χ1v) is 4.72. The van der Waals surface area contributed by atoms with Crippen LogP contribution in [0.2, 0.25) is 0 Å². The minimum Gasteiger partial charge on any atom is -0.378 e. The molecule has 0 aromatic carbocycles. The van der Waals surface area contributed by atoms with E-state index in [-0.39, 0.29) is 5.78 Å². The molecule has 1 aliphatic rings. The summed E-state index contributed by atoms with van der Waals surface area (Å²) in [5.41, 5.74) is 0. The molecule has 1 fully saturated rings. The maximum Gasteiger partial charge on any atom is 0.129 e. The zero-order valence-corrected chi connectivity index (χ0v) is 8.17. The molecule has 12 heavy (non-hydrogen) atoms. The summed E-state index contributed by atoms with van der Waals surface area (Å²) in [6.45, 7) is 6.92. The second-order valence-electron chi connectivity index (χ2n) is 3.95. The van der Waals surface area contributed by atoms with Gasteiger partial charge < -0.3 is 9.53 Å². The largest absolute Gasteiger partial charge is 0.378 e. The first-order chi connectivity index (χ1) is 5.61. The fraction of sp³-hybridized carbons (Fsp3) is 0.900. The summed E-state index contributed by atoms with van der Waals surface area (Å²) in [5, 5.41) is 0. The zero-order valence-electron chi connectivity index (χ0n) is 8.17. The Labute approximate surface area is 74.3 Å². The number of Topliss-reactive ketones (excluding diaryl/α,β-unsaturated/α-hetero) is 1. The Hall–Kier alpha value is -0.370. The van der Waals surface area contributed by atoms with Gasteiger partial charge in [-0.05, 0) is 25.2 Å². The Morgan fingerprint density at radius 1 is 1.50 bits per heavy atom. The third kappa shape index (κ3) is 2.31. The second kappa shape index (κ2) is 4.04. The lowest BCUT2D eigenvalue weighted by atomic mass is 9.92. The Balaban J connectivity index is 2.29. The molecule has 0 aliphatic carbocycles. The Bertz CT molecular complexity index is 165. The quantitative estimate of drug-likeness (QED) is 0.647. The molecule has 1 rings (SSSR count). The van der Waals surface area contributed by atoms with Gasteiger partial charge in [0.25, 0.3) is 0 Å². The molecule has 70 valence electrons. The van der Waals surface area contributed by atoms with Crippen molar-refractivity contribution in [3.63, 3.8) is 0 Å². The first kappa shape index (κ1) is 9.72. The third-order valence-electron chi connectivity index (χ3n) is 2.84. The monoisotopic (exact) mass is 170 g/mol. The van der Waals surface area contributed by atoms with Crippen LogP contribution in [0.3, 0.4) is 0 Å². The highest BCUT2D eigenvalue weighted by molar-refractivity contribution is 5.75. The van der Waals surface area contributed by atoms with Crippen molar-refractivity contribution in [3.05, 3.63) is 0 Å². The summed E-state index contributed by atoms with van der Waals surface area (Å²) in [5.74, 6) is 1.54. The van der Waals surface area contributed by atoms with Crippen molar-refractivity contribution in [2.45, 2.75) is 39.7 Å². The highest BCUT2D eigenvalue weighted by Gasteiger charge is 2.30. The van der Waals surface area contributed by atoms with Gasteiger partial charge in [-0.25, -0.2) is 0 Å². The molecule has 0 radical (unpaired) electrons. The number of rotatable bonds is 3. The van der Waals surface area contributed by atoms with Crippen LogP contribution in [0.15, 0.2) is 0 Å². The van der Waals surface area contributed by atoms with Gasteiger partial charge >= 0.3 is 0 Å². The zero-order chi connectivity index (χ0) is 9.14. The molecule has 2 unspecified atom stereocenters. The molecule has 0 amide bonds. The van der Waals surface area contributed by atoms with Crippen molar-refractivity contribution in [3.8, 4) is 0 Å². The number of ketones is 1. The molecule has 0 N–H and O–H groups in total. The molecule has 0 saturated carbocycles. The number of ether oxygens (including phenoxy) is 1. The van der Waals surface area contributed by atoms with Gasteiger partial charge in [0, 0.05) is 13.0 Å². The molecule has 1 heterocycles. The number of hydrogen-bond donors (Lipinski definition) is 0. The highest BCUT2D eigenvalue weighted by atomic mass is 16.5. The lowest BCUT2D eigenvalue weighted by molar-refractivity contribution is -0.117. The van der Waals surface area contributed by atoms with E-state index in [1.54, 1.807) is 6.92 Å². The Kier molecular flexibility index (Phi) is 3.27. The van der Waals surface area contributed by atoms with E-state index < -0.39 is 0 Å². The predicted octanol–water partition coefficient (Wildman–Crippen LogP) is 2.03. The SMILES string of the molecule is CC(=O)CCC1OCC(C)[C@@H]1C. The number of carbonyl (C=O) groups excluding carboxylic acids is 1. The van der Waals surface area contributed by atoms with Crippen LogP contribution in [-0.4, -0.2) is 18.5 Å². The molecule has 0 bridgehead atoms. The molecule has 0 aromatic rings. The van der Waals surface area contributed by atoms with E-state index in [2.05, 4.69) is 13.8 Å². The summed E-state index contributed by atoms with van der Waals surface area (Å²) in [7, 11) is 0. The molecule has 0 aromatic heterocycles. The summed E-state index contributed by atoms with van der Waals surface area (Å²) in [6.07, 6.45) is 1.90. The molecule has 1 saturated heterocycles. The van der Waals surface area contributed by atoms with E-state index >= 15 is 0 Å². The minimum absolute atomic E-state index is 0.269. The van der Waals surface area contributed by atoms with Crippen LogP contribution >= 0.6 is 0 Å². The summed E-state index contributed by atoms with van der Waals surface area (Å²) in [4.78, 5) is 10.7. The van der Waals surface area contributed by atoms with Crippen molar-refractivity contribution < 1.29 is 9.53 Å². The fourth-order valence-corrected chi connectivity index (χ4v) is 1.64. The first-order valence-electron chi connectivity index (χ1n) is 4.72. The van der Waals surface area contributed by atoms with E-state index in [1.165, 1.54) is 0 Å². The highest BCUT2D eigenvalue weighted by Crippen LogP contribution is 2.28. The summed E-state index contributed by atoms with van der Waals surface area (Å²) >= 11 is 0. The topological polar surface area (TPSA) is 26.3 Å². The van der Waals surface area contributed by atoms with Crippen LogP contribution < -0.4 is 0 Å². The Morgan fingerprint density at radius 3 is 2.58 bits per heavy atom.